The minimum Gasteiger partial charge on any atom is -0.484 e. The van der Waals surface area contributed by atoms with E-state index in [0.29, 0.717) is 17.4 Å². The summed E-state index contributed by atoms with van der Waals surface area (Å²) in [6, 6.07) is 21.5. The van der Waals surface area contributed by atoms with Crippen molar-refractivity contribution >= 4 is 33.5 Å². The molecule has 3 aromatic carbocycles. The average molecular weight is 373 g/mol. The highest BCUT2D eigenvalue weighted by molar-refractivity contribution is 6.06. The number of hydrogen-bond donors (Lipinski definition) is 1. The molecule has 0 aliphatic carbocycles. The van der Waals surface area contributed by atoms with E-state index < -0.39 is 0 Å². The number of anilines is 1. The molecule has 1 aromatic heterocycles. The lowest BCUT2D eigenvalue weighted by atomic mass is 9.99. The first kappa shape index (κ1) is 18.1. The van der Waals surface area contributed by atoms with Gasteiger partial charge in [-0.05, 0) is 48.2 Å². The van der Waals surface area contributed by atoms with Crippen LogP contribution in [0.2, 0.25) is 0 Å². The largest absolute Gasteiger partial charge is 0.484 e. The van der Waals surface area contributed by atoms with Gasteiger partial charge in [0.1, 0.15) is 16.9 Å². The summed E-state index contributed by atoms with van der Waals surface area (Å²) in [5.41, 5.74) is 3.55. The fourth-order valence-electron chi connectivity index (χ4n) is 3.28. The topological polar surface area (TPSA) is 51.5 Å². The van der Waals surface area contributed by atoms with Gasteiger partial charge in [0.25, 0.3) is 5.91 Å². The highest BCUT2D eigenvalue weighted by Crippen LogP contribution is 2.30. The zero-order valence-electron chi connectivity index (χ0n) is 16.1. The van der Waals surface area contributed by atoms with Crippen molar-refractivity contribution in [1.82, 2.24) is 0 Å². The number of hydrogen-bond acceptors (Lipinski definition) is 3. The van der Waals surface area contributed by atoms with Crippen LogP contribution in [0.5, 0.6) is 5.75 Å². The van der Waals surface area contributed by atoms with Gasteiger partial charge in [-0.15, -0.1) is 0 Å². The third-order valence-corrected chi connectivity index (χ3v) is 5.09. The van der Waals surface area contributed by atoms with Crippen LogP contribution in [-0.4, -0.2) is 12.5 Å². The lowest BCUT2D eigenvalue weighted by molar-refractivity contribution is -0.118. The SMILES string of the molecule is CC[C@H](C)c1ccc(OCC(=O)Nc2ccc3c(c2)oc2ccccc23)cc1. The summed E-state index contributed by atoms with van der Waals surface area (Å²) in [5.74, 6) is 1.00. The van der Waals surface area contributed by atoms with Crippen LogP contribution in [0.25, 0.3) is 21.9 Å². The van der Waals surface area contributed by atoms with Crippen molar-refractivity contribution < 1.29 is 13.9 Å². The lowest BCUT2D eigenvalue weighted by Crippen LogP contribution is -2.20. The molecule has 1 N–H and O–H groups in total. The van der Waals surface area contributed by atoms with E-state index in [1.165, 1.54) is 5.56 Å². The molecule has 4 heteroatoms. The number of carbonyl (C=O) groups excluding carboxylic acids is 1. The van der Waals surface area contributed by atoms with Crippen molar-refractivity contribution in [3.05, 3.63) is 72.3 Å². The molecule has 0 bridgehead atoms. The Bertz CT molecular complexity index is 1110. The van der Waals surface area contributed by atoms with Crippen LogP contribution in [-0.2, 0) is 4.79 Å². The van der Waals surface area contributed by atoms with Crippen LogP contribution in [0.15, 0.2) is 71.1 Å². The maximum Gasteiger partial charge on any atom is 0.262 e. The number of furan rings is 1. The number of amides is 1. The van der Waals surface area contributed by atoms with Crippen molar-refractivity contribution in [2.24, 2.45) is 0 Å². The summed E-state index contributed by atoms with van der Waals surface area (Å²) >= 11 is 0. The Labute approximate surface area is 164 Å². The summed E-state index contributed by atoms with van der Waals surface area (Å²) in [7, 11) is 0. The number of benzene rings is 3. The maximum absolute atomic E-state index is 12.2. The number of fused-ring (bicyclic) bond motifs is 3. The number of para-hydroxylation sites is 1. The third-order valence-electron chi connectivity index (χ3n) is 5.09. The second-order valence-corrected chi connectivity index (χ2v) is 7.02. The predicted octanol–water partition coefficient (Wildman–Crippen LogP) is 6.12. The van der Waals surface area contributed by atoms with Crippen LogP contribution in [0.4, 0.5) is 5.69 Å². The molecule has 4 nitrogen and oxygen atoms in total. The molecule has 4 aromatic rings. The number of nitrogens with one attached hydrogen (secondary N) is 1. The standard InChI is InChI=1S/C24H23NO3/c1-3-16(2)17-8-11-19(12-9-17)27-15-24(26)25-18-10-13-21-20-6-4-5-7-22(20)28-23(21)14-18/h4-14,16H,3,15H2,1-2H3,(H,25,26)/t16-/m0/s1. The normalized spacial score (nSPS) is 12.2. The van der Waals surface area contributed by atoms with Crippen molar-refractivity contribution in [2.75, 3.05) is 11.9 Å². The molecule has 0 saturated carbocycles. The number of rotatable bonds is 6. The molecule has 28 heavy (non-hydrogen) atoms. The Morgan fingerprint density at radius 1 is 1.00 bits per heavy atom. The summed E-state index contributed by atoms with van der Waals surface area (Å²) in [6.45, 7) is 4.32. The minimum absolute atomic E-state index is 0.0408. The number of ether oxygens (including phenoxy) is 1. The van der Waals surface area contributed by atoms with Crippen molar-refractivity contribution in [1.29, 1.82) is 0 Å². The van der Waals surface area contributed by atoms with Gasteiger partial charge in [0.05, 0.1) is 0 Å². The fraction of sp³-hybridized carbons (Fsp3) is 0.208. The third kappa shape index (κ3) is 3.72. The second kappa shape index (κ2) is 7.77. The molecule has 0 aliphatic heterocycles. The zero-order valence-corrected chi connectivity index (χ0v) is 16.1. The quantitative estimate of drug-likeness (QED) is 0.443. The highest BCUT2D eigenvalue weighted by atomic mass is 16.5. The Morgan fingerprint density at radius 3 is 2.54 bits per heavy atom. The summed E-state index contributed by atoms with van der Waals surface area (Å²) < 4.78 is 11.5. The molecule has 0 aliphatic rings. The summed E-state index contributed by atoms with van der Waals surface area (Å²) in [4.78, 5) is 12.2. The first-order chi connectivity index (χ1) is 13.6. The van der Waals surface area contributed by atoms with Gasteiger partial charge in [-0.1, -0.05) is 44.2 Å². The molecule has 1 atom stereocenters. The molecule has 142 valence electrons. The molecule has 0 radical (unpaired) electrons. The van der Waals surface area contributed by atoms with E-state index in [0.717, 1.165) is 28.4 Å². The Morgan fingerprint density at radius 2 is 1.75 bits per heavy atom. The molecule has 0 saturated heterocycles. The molecular weight excluding hydrogens is 350 g/mol. The Kier molecular flexibility index (Phi) is 5.02. The summed E-state index contributed by atoms with van der Waals surface area (Å²) in [5, 5.41) is 4.97. The van der Waals surface area contributed by atoms with E-state index in [9.17, 15) is 4.79 Å². The average Bonchev–Trinajstić information content (AvgIpc) is 3.10. The zero-order chi connectivity index (χ0) is 19.5. The predicted molar refractivity (Wildman–Crippen MR) is 113 cm³/mol. The molecule has 0 spiro atoms. The van der Waals surface area contributed by atoms with Gasteiger partial charge >= 0.3 is 0 Å². The van der Waals surface area contributed by atoms with Crippen molar-refractivity contribution in [2.45, 2.75) is 26.2 Å². The molecule has 4 rings (SSSR count). The Balaban J connectivity index is 1.40. The smallest absolute Gasteiger partial charge is 0.262 e. The first-order valence-electron chi connectivity index (χ1n) is 9.58. The van der Waals surface area contributed by atoms with E-state index >= 15 is 0 Å². The Hall–Kier alpha value is -3.27. The van der Waals surface area contributed by atoms with Gasteiger partial charge in [-0.2, -0.15) is 0 Å². The number of carbonyl (C=O) groups is 1. The fourth-order valence-corrected chi connectivity index (χ4v) is 3.28. The van der Waals surface area contributed by atoms with Crippen molar-refractivity contribution in [3.63, 3.8) is 0 Å². The second-order valence-electron chi connectivity index (χ2n) is 7.02. The monoisotopic (exact) mass is 373 g/mol. The molecule has 1 amide bonds. The van der Waals surface area contributed by atoms with E-state index in [1.54, 1.807) is 0 Å². The van der Waals surface area contributed by atoms with E-state index in [-0.39, 0.29) is 12.5 Å². The maximum atomic E-state index is 12.2. The molecular formula is C24H23NO3. The highest BCUT2D eigenvalue weighted by Gasteiger charge is 2.09. The molecule has 1 heterocycles. The molecule has 0 fully saturated rings. The summed E-state index contributed by atoms with van der Waals surface area (Å²) in [6.07, 6.45) is 1.10. The van der Waals surface area contributed by atoms with Gasteiger partial charge in [0, 0.05) is 22.5 Å². The van der Waals surface area contributed by atoms with Crippen LogP contribution in [0, 0.1) is 0 Å². The lowest BCUT2D eigenvalue weighted by Gasteiger charge is -2.11. The van der Waals surface area contributed by atoms with Gasteiger partial charge < -0.3 is 14.5 Å². The van der Waals surface area contributed by atoms with Crippen LogP contribution in [0.1, 0.15) is 31.7 Å². The van der Waals surface area contributed by atoms with E-state index in [2.05, 4.69) is 31.3 Å². The van der Waals surface area contributed by atoms with Gasteiger partial charge in [-0.25, -0.2) is 0 Å². The van der Waals surface area contributed by atoms with E-state index in [4.69, 9.17) is 9.15 Å². The minimum atomic E-state index is -0.207. The van der Waals surface area contributed by atoms with Crippen LogP contribution in [0.3, 0.4) is 0 Å². The van der Waals surface area contributed by atoms with Gasteiger partial charge in [-0.3, -0.25) is 4.79 Å². The molecule has 0 unspecified atom stereocenters. The van der Waals surface area contributed by atoms with Gasteiger partial charge in [0.15, 0.2) is 6.61 Å². The first-order valence-corrected chi connectivity index (χ1v) is 9.58. The van der Waals surface area contributed by atoms with Gasteiger partial charge in [0.2, 0.25) is 0 Å². The van der Waals surface area contributed by atoms with E-state index in [1.807, 2.05) is 54.6 Å². The van der Waals surface area contributed by atoms with Crippen LogP contribution >= 0.6 is 0 Å². The van der Waals surface area contributed by atoms with Crippen molar-refractivity contribution in [3.8, 4) is 5.75 Å². The van der Waals surface area contributed by atoms with Crippen LogP contribution < -0.4 is 10.1 Å².